The van der Waals surface area contributed by atoms with E-state index in [1.54, 1.807) is 31.4 Å². The first-order valence-corrected chi connectivity index (χ1v) is 9.15. The van der Waals surface area contributed by atoms with Gasteiger partial charge in [0.15, 0.2) is 0 Å². The molecule has 0 radical (unpaired) electrons. The molecule has 0 aliphatic heterocycles. The van der Waals surface area contributed by atoms with Crippen LogP contribution in [0.5, 0.6) is 5.75 Å². The molecule has 144 valence electrons. The minimum atomic E-state index is -0.287. The van der Waals surface area contributed by atoms with Crippen LogP contribution < -0.4 is 15.6 Å². The van der Waals surface area contributed by atoms with Crippen LogP contribution in [-0.4, -0.2) is 29.1 Å². The van der Waals surface area contributed by atoms with Gasteiger partial charge in [-0.15, -0.1) is 0 Å². The Morgan fingerprint density at radius 1 is 1.14 bits per heavy atom. The molecule has 0 fully saturated rings. The number of carbonyl (C=O) groups excluding carboxylic acids is 1. The fourth-order valence-corrected chi connectivity index (χ4v) is 2.80. The predicted octanol–water partition coefficient (Wildman–Crippen LogP) is 2.93. The fourth-order valence-electron chi connectivity index (χ4n) is 2.67. The van der Waals surface area contributed by atoms with Gasteiger partial charge in [0, 0.05) is 23.2 Å². The van der Waals surface area contributed by atoms with Crippen molar-refractivity contribution in [3.05, 3.63) is 81.9 Å². The largest absolute Gasteiger partial charge is 0.497 e. The molecule has 1 aromatic heterocycles. The summed E-state index contributed by atoms with van der Waals surface area (Å²) in [5, 5.41) is 3.43. The molecule has 0 atom stereocenters. The van der Waals surface area contributed by atoms with Crippen LogP contribution >= 0.6 is 11.6 Å². The summed E-state index contributed by atoms with van der Waals surface area (Å²) in [6.45, 7) is 0.408. The van der Waals surface area contributed by atoms with Crippen molar-refractivity contribution in [2.75, 3.05) is 13.7 Å². The Balaban J connectivity index is 1.54. The van der Waals surface area contributed by atoms with Crippen LogP contribution in [0.4, 0.5) is 0 Å². The third-order valence-electron chi connectivity index (χ3n) is 4.23. The minimum absolute atomic E-state index is 0.0741. The van der Waals surface area contributed by atoms with Crippen molar-refractivity contribution in [3.63, 3.8) is 0 Å². The summed E-state index contributed by atoms with van der Waals surface area (Å²) in [5.41, 5.74) is 2.13. The highest BCUT2D eigenvalue weighted by atomic mass is 35.5. The summed E-state index contributed by atoms with van der Waals surface area (Å²) in [7, 11) is 1.62. The van der Waals surface area contributed by atoms with Crippen molar-refractivity contribution < 1.29 is 9.53 Å². The number of nitrogens with one attached hydrogen (secondary N) is 1. The van der Waals surface area contributed by atoms with Gasteiger partial charge in [0.2, 0.25) is 5.91 Å². The van der Waals surface area contributed by atoms with Crippen molar-refractivity contribution in [2.24, 2.45) is 0 Å². The highest BCUT2D eigenvalue weighted by Gasteiger charge is 2.07. The topological polar surface area (TPSA) is 73.2 Å². The van der Waals surface area contributed by atoms with Gasteiger partial charge in [0.05, 0.1) is 19.1 Å². The number of methoxy groups -OCH3 is 1. The van der Waals surface area contributed by atoms with Crippen LogP contribution in [0.3, 0.4) is 0 Å². The van der Waals surface area contributed by atoms with Crippen LogP contribution in [0, 0.1) is 0 Å². The van der Waals surface area contributed by atoms with Crippen LogP contribution in [0.25, 0.3) is 11.3 Å². The smallest absolute Gasteiger partial charge is 0.254 e. The normalized spacial score (nSPS) is 10.5. The Morgan fingerprint density at radius 2 is 1.86 bits per heavy atom. The number of aromatic nitrogens is 2. The lowest BCUT2D eigenvalue weighted by Crippen LogP contribution is -2.33. The predicted molar refractivity (Wildman–Crippen MR) is 109 cm³/mol. The average molecular weight is 398 g/mol. The summed E-state index contributed by atoms with van der Waals surface area (Å²) >= 11 is 5.87. The first kappa shape index (κ1) is 19.6. The number of rotatable bonds is 7. The van der Waals surface area contributed by atoms with E-state index < -0.39 is 0 Å². The SMILES string of the molecule is COc1ccc(CCNC(=O)Cn2cnc(-c3ccc(Cl)cc3)cc2=O)cc1. The molecular formula is C21H20ClN3O3. The van der Waals surface area contributed by atoms with Gasteiger partial charge in [-0.05, 0) is 36.2 Å². The number of benzene rings is 2. The van der Waals surface area contributed by atoms with Gasteiger partial charge in [0.1, 0.15) is 12.3 Å². The lowest BCUT2D eigenvalue weighted by atomic mass is 10.1. The van der Waals surface area contributed by atoms with E-state index in [2.05, 4.69) is 10.3 Å². The second-order valence-corrected chi connectivity index (χ2v) is 6.63. The second-order valence-electron chi connectivity index (χ2n) is 6.20. The Labute approximate surface area is 167 Å². The Bertz CT molecular complexity index is 999. The van der Waals surface area contributed by atoms with E-state index in [4.69, 9.17) is 16.3 Å². The maximum absolute atomic E-state index is 12.3. The second kappa shape index (κ2) is 9.19. The molecule has 0 saturated heterocycles. The zero-order chi connectivity index (χ0) is 19.9. The molecule has 0 aliphatic rings. The van der Waals surface area contributed by atoms with Gasteiger partial charge in [-0.1, -0.05) is 35.9 Å². The summed E-state index contributed by atoms with van der Waals surface area (Å²) in [4.78, 5) is 28.7. The Hall–Kier alpha value is -3.12. The molecule has 2 aromatic carbocycles. The number of nitrogens with zero attached hydrogens (tertiary/aromatic N) is 2. The highest BCUT2D eigenvalue weighted by Crippen LogP contribution is 2.18. The zero-order valence-corrected chi connectivity index (χ0v) is 16.1. The van der Waals surface area contributed by atoms with Crippen molar-refractivity contribution in [1.82, 2.24) is 14.9 Å². The molecule has 7 heteroatoms. The standard InChI is InChI=1S/C21H20ClN3O3/c1-28-18-8-2-15(3-9-18)10-11-23-20(26)13-25-14-24-19(12-21(25)27)16-4-6-17(22)7-5-16/h2-9,12,14H,10-11,13H2,1H3,(H,23,26). The van der Waals surface area contributed by atoms with Gasteiger partial charge in [0.25, 0.3) is 5.56 Å². The molecule has 0 spiro atoms. The number of hydrogen-bond acceptors (Lipinski definition) is 4. The van der Waals surface area contributed by atoms with Gasteiger partial charge >= 0.3 is 0 Å². The molecule has 0 aliphatic carbocycles. The molecule has 1 N–H and O–H groups in total. The maximum Gasteiger partial charge on any atom is 0.254 e. The van der Waals surface area contributed by atoms with E-state index in [-0.39, 0.29) is 18.0 Å². The maximum atomic E-state index is 12.3. The van der Waals surface area contributed by atoms with E-state index in [0.717, 1.165) is 16.9 Å². The molecule has 3 rings (SSSR count). The third kappa shape index (κ3) is 5.20. The number of amides is 1. The average Bonchev–Trinajstić information content (AvgIpc) is 2.70. The Kier molecular flexibility index (Phi) is 6.45. The lowest BCUT2D eigenvalue weighted by molar-refractivity contribution is -0.121. The van der Waals surface area contributed by atoms with Crippen LogP contribution in [0.2, 0.25) is 5.02 Å². The number of ether oxygens (including phenoxy) is 1. The molecule has 6 nitrogen and oxygen atoms in total. The van der Waals surface area contributed by atoms with Crippen molar-refractivity contribution >= 4 is 17.5 Å². The molecule has 0 unspecified atom stereocenters. The molecule has 1 heterocycles. The van der Waals surface area contributed by atoms with Crippen molar-refractivity contribution in [2.45, 2.75) is 13.0 Å². The number of halogens is 1. The summed E-state index contributed by atoms with van der Waals surface area (Å²) in [6, 6.07) is 16.1. The van der Waals surface area contributed by atoms with Crippen molar-refractivity contribution in [3.8, 4) is 17.0 Å². The Morgan fingerprint density at radius 3 is 2.50 bits per heavy atom. The molecule has 3 aromatic rings. The highest BCUT2D eigenvalue weighted by molar-refractivity contribution is 6.30. The first-order chi connectivity index (χ1) is 13.5. The van der Waals surface area contributed by atoms with Gasteiger partial charge in [-0.3, -0.25) is 14.2 Å². The van der Waals surface area contributed by atoms with Gasteiger partial charge < -0.3 is 10.1 Å². The number of carbonyl (C=O) groups is 1. The molecular weight excluding hydrogens is 378 g/mol. The molecule has 0 saturated carbocycles. The quantitative estimate of drug-likeness (QED) is 0.665. The molecule has 0 bridgehead atoms. The van der Waals surface area contributed by atoms with Gasteiger partial charge in [-0.25, -0.2) is 4.98 Å². The van der Waals surface area contributed by atoms with Gasteiger partial charge in [-0.2, -0.15) is 0 Å². The third-order valence-corrected chi connectivity index (χ3v) is 4.48. The van der Waals surface area contributed by atoms with E-state index in [0.29, 0.717) is 23.7 Å². The van der Waals surface area contributed by atoms with E-state index in [1.165, 1.54) is 17.0 Å². The fraction of sp³-hybridized carbons (Fsp3) is 0.190. The summed E-state index contributed by atoms with van der Waals surface area (Å²) in [6.07, 6.45) is 2.08. The molecule has 28 heavy (non-hydrogen) atoms. The monoisotopic (exact) mass is 397 g/mol. The minimum Gasteiger partial charge on any atom is -0.497 e. The van der Waals surface area contributed by atoms with E-state index >= 15 is 0 Å². The van der Waals surface area contributed by atoms with Crippen LogP contribution in [0.15, 0.2) is 65.7 Å². The molecule has 1 amide bonds. The van der Waals surface area contributed by atoms with Crippen LogP contribution in [0.1, 0.15) is 5.56 Å². The van der Waals surface area contributed by atoms with Crippen molar-refractivity contribution in [1.29, 1.82) is 0 Å². The van der Waals surface area contributed by atoms with E-state index in [1.807, 2.05) is 24.3 Å². The van der Waals surface area contributed by atoms with Crippen LogP contribution in [-0.2, 0) is 17.8 Å². The summed E-state index contributed by atoms with van der Waals surface area (Å²) in [5.74, 6) is 0.554. The van der Waals surface area contributed by atoms with E-state index in [9.17, 15) is 9.59 Å². The zero-order valence-electron chi connectivity index (χ0n) is 15.4. The summed E-state index contributed by atoms with van der Waals surface area (Å²) < 4.78 is 6.40. The number of hydrogen-bond donors (Lipinski definition) is 1. The lowest BCUT2D eigenvalue weighted by Gasteiger charge is -2.08. The first-order valence-electron chi connectivity index (χ1n) is 8.77.